The van der Waals surface area contributed by atoms with Crippen molar-refractivity contribution in [3.8, 4) is 0 Å². The Morgan fingerprint density at radius 1 is 1.50 bits per heavy atom. The molecule has 0 bridgehead atoms. The highest BCUT2D eigenvalue weighted by molar-refractivity contribution is 5.21. The highest BCUT2D eigenvalue weighted by atomic mass is 16.5. The summed E-state index contributed by atoms with van der Waals surface area (Å²) < 4.78 is 5.06. The van der Waals surface area contributed by atoms with Crippen LogP contribution in [-0.2, 0) is 24.0 Å². The molecule has 0 aliphatic heterocycles. The summed E-state index contributed by atoms with van der Waals surface area (Å²) in [6, 6.07) is 0. The molecule has 1 aliphatic carbocycles. The van der Waals surface area contributed by atoms with Crippen molar-refractivity contribution >= 4 is 0 Å². The van der Waals surface area contributed by atoms with Gasteiger partial charge in [0, 0.05) is 25.4 Å². The van der Waals surface area contributed by atoms with Gasteiger partial charge >= 0.3 is 0 Å². The predicted molar refractivity (Wildman–Crippen MR) is 71.7 cm³/mol. The Labute approximate surface area is 109 Å². The molecule has 1 aromatic rings. The monoisotopic (exact) mass is 249 g/mol. The van der Waals surface area contributed by atoms with Gasteiger partial charge in [0.2, 0.25) is 0 Å². The van der Waals surface area contributed by atoms with Crippen LogP contribution < -0.4 is 5.32 Å². The lowest BCUT2D eigenvalue weighted by molar-refractivity contribution is 0.200. The van der Waals surface area contributed by atoms with Crippen LogP contribution in [0, 0.1) is 5.92 Å². The van der Waals surface area contributed by atoms with Crippen LogP contribution in [0.15, 0.2) is 6.20 Å². The zero-order chi connectivity index (χ0) is 12.8. The molecular weight excluding hydrogens is 226 g/mol. The Morgan fingerprint density at radius 2 is 2.39 bits per heavy atom. The molecule has 1 unspecified atom stereocenters. The first-order valence-corrected chi connectivity index (χ1v) is 6.86. The fourth-order valence-electron chi connectivity index (χ4n) is 2.46. The second-order valence-electron chi connectivity index (χ2n) is 4.92. The Morgan fingerprint density at radius 3 is 3.17 bits per heavy atom. The molecule has 18 heavy (non-hydrogen) atoms. The second kappa shape index (κ2) is 6.81. The van der Waals surface area contributed by atoms with Crippen molar-refractivity contribution in [2.24, 2.45) is 5.92 Å². The summed E-state index contributed by atoms with van der Waals surface area (Å²) in [5.74, 6) is 1.66. The summed E-state index contributed by atoms with van der Waals surface area (Å²) in [6.45, 7) is 5.01. The van der Waals surface area contributed by atoms with E-state index in [1.807, 2.05) is 6.20 Å². The summed E-state index contributed by atoms with van der Waals surface area (Å²) in [4.78, 5) is 9.09. The normalized spacial score (nSPS) is 18.7. The van der Waals surface area contributed by atoms with E-state index in [2.05, 4.69) is 22.2 Å². The highest BCUT2D eigenvalue weighted by Gasteiger charge is 2.19. The van der Waals surface area contributed by atoms with Crippen LogP contribution in [0.1, 0.15) is 30.4 Å². The molecule has 0 amide bonds. The van der Waals surface area contributed by atoms with Crippen LogP contribution in [0.5, 0.6) is 0 Å². The van der Waals surface area contributed by atoms with E-state index in [1.165, 1.54) is 17.7 Å². The van der Waals surface area contributed by atoms with Gasteiger partial charge in [0.05, 0.1) is 6.61 Å². The number of aromatic nitrogens is 2. The lowest BCUT2D eigenvalue weighted by Gasteiger charge is -2.24. The molecule has 4 heteroatoms. The fraction of sp³-hybridized carbons (Fsp3) is 0.714. The number of hydrogen-bond donors (Lipinski definition) is 1. The summed E-state index contributed by atoms with van der Waals surface area (Å²) in [5.41, 5.74) is 2.59. The van der Waals surface area contributed by atoms with Crippen molar-refractivity contribution in [2.75, 3.05) is 26.8 Å². The largest absolute Gasteiger partial charge is 0.384 e. The molecule has 0 aromatic carbocycles. The van der Waals surface area contributed by atoms with Crippen molar-refractivity contribution < 1.29 is 4.74 Å². The zero-order valence-electron chi connectivity index (χ0n) is 11.4. The van der Waals surface area contributed by atoms with Gasteiger partial charge in [-0.25, -0.2) is 9.97 Å². The smallest absolute Gasteiger partial charge is 0.130 e. The molecule has 4 nitrogen and oxygen atoms in total. The first kappa shape index (κ1) is 13.4. The predicted octanol–water partition coefficient (Wildman–Crippen LogP) is 1.38. The third kappa shape index (κ3) is 3.50. The molecule has 0 spiro atoms. The number of methoxy groups -OCH3 is 1. The molecule has 1 aliphatic rings. The Balaban J connectivity index is 1.97. The van der Waals surface area contributed by atoms with Crippen LogP contribution >= 0.6 is 0 Å². The molecule has 100 valence electrons. The van der Waals surface area contributed by atoms with Crippen LogP contribution in [0.3, 0.4) is 0 Å². The van der Waals surface area contributed by atoms with Crippen LogP contribution in [0.2, 0.25) is 0 Å². The van der Waals surface area contributed by atoms with Gasteiger partial charge in [-0.15, -0.1) is 0 Å². The third-order valence-electron chi connectivity index (χ3n) is 3.51. The van der Waals surface area contributed by atoms with Gasteiger partial charge in [-0.1, -0.05) is 6.92 Å². The molecule has 0 saturated carbocycles. The molecule has 1 aromatic heterocycles. The van der Waals surface area contributed by atoms with E-state index in [4.69, 9.17) is 4.74 Å². The number of rotatable bonds is 6. The van der Waals surface area contributed by atoms with E-state index >= 15 is 0 Å². The molecular formula is C14H23N3O. The van der Waals surface area contributed by atoms with Crippen molar-refractivity contribution in [1.29, 1.82) is 0 Å². The molecule has 0 saturated heterocycles. The fourth-order valence-corrected chi connectivity index (χ4v) is 2.46. The summed E-state index contributed by atoms with van der Waals surface area (Å²) in [7, 11) is 1.71. The minimum Gasteiger partial charge on any atom is -0.384 e. The van der Waals surface area contributed by atoms with Gasteiger partial charge in [0.1, 0.15) is 5.82 Å². The average Bonchev–Trinajstić information content (AvgIpc) is 2.42. The standard InChI is InChI=1S/C14H23N3O/c1-3-15-9-11-4-5-13-12(8-11)10-16-14(17-13)6-7-18-2/h10-11,15H,3-9H2,1-2H3. The maximum absolute atomic E-state index is 5.06. The van der Waals surface area contributed by atoms with E-state index in [1.54, 1.807) is 7.11 Å². The van der Waals surface area contributed by atoms with Gasteiger partial charge in [-0.2, -0.15) is 0 Å². The Hall–Kier alpha value is -1.00. The number of nitrogens with one attached hydrogen (secondary N) is 1. The third-order valence-corrected chi connectivity index (χ3v) is 3.51. The lowest BCUT2D eigenvalue weighted by Crippen LogP contribution is -2.27. The van der Waals surface area contributed by atoms with Gasteiger partial charge < -0.3 is 10.1 Å². The molecule has 1 atom stereocenters. The van der Waals surface area contributed by atoms with E-state index < -0.39 is 0 Å². The SMILES string of the molecule is CCNCC1CCc2nc(CCOC)ncc2C1. The van der Waals surface area contributed by atoms with E-state index in [0.29, 0.717) is 6.61 Å². The minimum absolute atomic E-state index is 0.696. The number of nitrogens with zero attached hydrogens (tertiary/aromatic N) is 2. The Bertz CT molecular complexity index is 381. The topological polar surface area (TPSA) is 47.0 Å². The maximum Gasteiger partial charge on any atom is 0.130 e. The number of hydrogen-bond acceptors (Lipinski definition) is 4. The molecule has 0 fully saturated rings. The van der Waals surface area contributed by atoms with Gasteiger partial charge in [-0.05, 0) is 43.8 Å². The maximum atomic E-state index is 5.06. The first-order valence-electron chi connectivity index (χ1n) is 6.86. The van der Waals surface area contributed by atoms with E-state index in [0.717, 1.165) is 44.1 Å². The second-order valence-corrected chi connectivity index (χ2v) is 4.92. The van der Waals surface area contributed by atoms with Gasteiger partial charge in [0.25, 0.3) is 0 Å². The molecule has 2 rings (SSSR count). The van der Waals surface area contributed by atoms with Gasteiger partial charge in [-0.3, -0.25) is 0 Å². The lowest BCUT2D eigenvalue weighted by atomic mass is 9.87. The van der Waals surface area contributed by atoms with Gasteiger partial charge in [0.15, 0.2) is 0 Å². The van der Waals surface area contributed by atoms with Crippen molar-refractivity contribution in [3.05, 3.63) is 23.3 Å². The van der Waals surface area contributed by atoms with Crippen LogP contribution in [-0.4, -0.2) is 36.8 Å². The molecule has 0 radical (unpaired) electrons. The van der Waals surface area contributed by atoms with Crippen LogP contribution in [0.4, 0.5) is 0 Å². The quantitative estimate of drug-likeness (QED) is 0.827. The van der Waals surface area contributed by atoms with Crippen molar-refractivity contribution in [1.82, 2.24) is 15.3 Å². The van der Waals surface area contributed by atoms with Crippen molar-refractivity contribution in [3.63, 3.8) is 0 Å². The minimum atomic E-state index is 0.696. The summed E-state index contributed by atoms with van der Waals surface area (Å²) >= 11 is 0. The van der Waals surface area contributed by atoms with Crippen LogP contribution in [0.25, 0.3) is 0 Å². The van der Waals surface area contributed by atoms with E-state index in [-0.39, 0.29) is 0 Å². The number of fused-ring (bicyclic) bond motifs is 1. The van der Waals surface area contributed by atoms with Crippen molar-refractivity contribution in [2.45, 2.75) is 32.6 Å². The first-order chi connectivity index (χ1) is 8.83. The molecule has 1 heterocycles. The Kier molecular flexibility index (Phi) is 5.08. The molecule has 1 N–H and O–H groups in total. The number of ether oxygens (including phenoxy) is 1. The zero-order valence-corrected chi connectivity index (χ0v) is 11.4. The number of aryl methyl sites for hydroxylation is 1. The average molecular weight is 249 g/mol. The van der Waals surface area contributed by atoms with E-state index in [9.17, 15) is 0 Å². The summed E-state index contributed by atoms with van der Waals surface area (Å²) in [5, 5.41) is 3.43. The summed E-state index contributed by atoms with van der Waals surface area (Å²) in [6.07, 6.45) is 6.28. The highest BCUT2D eigenvalue weighted by Crippen LogP contribution is 2.23.